The Balaban J connectivity index is 1.54. The summed E-state index contributed by atoms with van der Waals surface area (Å²) in [6.07, 6.45) is 6.85. The first kappa shape index (κ1) is 20.1. The fourth-order valence-electron chi connectivity index (χ4n) is 3.81. The normalized spacial score (nSPS) is 14.8. The number of halogens is 2. The number of carbonyl (C=O) groups excluding carboxylic acids is 1. The Morgan fingerprint density at radius 1 is 1.19 bits per heavy atom. The predicted molar refractivity (Wildman–Crippen MR) is 112 cm³/mol. The second-order valence-electron chi connectivity index (χ2n) is 7.39. The topological polar surface area (TPSA) is 77.1 Å². The van der Waals surface area contributed by atoms with Crippen molar-refractivity contribution in [3.63, 3.8) is 0 Å². The minimum atomic E-state index is -0.750. The third kappa shape index (κ3) is 3.93. The summed E-state index contributed by atoms with van der Waals surface area (Å²) in [6, 6.07) is 6.82. The van der Waals surface area contributed by atoms with E-state index in [9.17, 15) is 13.6 Å². The molecule has 1 aliphatic heterocycles. The second kappa shape index (κ2) is 8.37. The van der Waals surface area contributed by atoms with E-state index in [1.54, 1.807) is 24.5 Å². The van der Waals surface area contributed by atoms with E-state index >= 15 is 0 Å². The fraction of sp³-hybridized carbons (Fsp3) is 0.238. The van der Waals surface area contributed by atoms with Crippen molar-refractivity contribution in [2.75, 3.05) is 5.32 Å². The fourth-order valence-corrected chi connectivity index (χ4v) is 7.68. The summed E-state index contributed by atoms with van der Waals surface area (Å²) >= 11 is -0.244. The van der Waals surface area contributed by atoms with E-state index in [0.29, 0.717) is 17.0 Å². The molecule has 1 amide bonds. The number of nitrogens with zero attached hydrogens (tertiary/aromatic N) is 5. The molecule has 2 radical (unpaired) electrons. The minimum absolute atomic E-state index is 0.0771. The quantitative estimate of drug-likeness (QED) is 0.410. The maximum atomic E-state index is 14.6. The van der Waals surface area contributed by atoms with Gasteiger partial charge >= 0.3 is 181 Å². The van der Waals surface area contributed by atoms with Crippen LogP contribution in [0.4, 0.5) is 14.6 Å². The van der Waals surface area contributed by atoms with Gasteiger partial charge in [-0.15, -0.1) is 0 Å². The molecule has 5 rings (SSSR count). The van der Waals surface area contributed by atoms with Crippen LogP contribution in [-0.4, -0.2) is 51.4 Å². The zero-order valence-electron chi connectivity index (χ0n) is 16.4. The van der Waals surface area contributed by atoms with Crippen LogP contribution in [0, 0.1) is 11.6 Å². The second-order valence-corrected chi connectivity index (χ2v) is 11.7. The zero-order chi connectivity index (χ0) is 21.4. The van der Waals surface area contributed by atoms with Crippen molar-refractivity contribution < 1.29 is 13.6 Å². The first-order valence-corrected chi connectivity index (χ1v) is 14.0. The van der Waals surface area contributed by atoms with E-state index in [-0.39, 0.29) is 32.7 Å². The Morgan fingerprint density at radius 3 is 2.84 bits per heavy atom. The first-order valence-electron chi connectivity index (χ1n) is 9.96. The summed E-state index contributed by atoms with van der Waals surface area (Å²) in [6.45, 7) is 0. The Hall–Kier alpha value is -2.82. The molecule has 0 saturated carbocycles. The molecule has 0 spiro atoms. The zero-order valence-corrected chi connectivity index (χ0v) is 19.3. The molecule has 1 aliphatic rings. The van der Waals surface area contributed by atoms with E-state index in [0.717, 1.165) is 24.6 Å². The third-order valence-corrected chi connectivity index (χ3v) is 9.06. The van der Waals surface area contributed by atoms with Gasteiger partial charge in [0.15, 0.2) is 0 Å². The van der Waals surface area contributed by atoms with Gasteiger partial charge in [-0.05, 0) is 6.07 Å². The van der Waals surface area contributed by atoms with Gasteiger partial charge in [0.25, 0.3) is 0 Å². The number of rotatable bonds is 4. The summed E-state index contributed by atoms with van der Waals surface area (Å²) in [5.74, 6) is -1.24. The number of amides is 1. The monoisotopic (exact) mass is 528 g/mol. The molecule has 4 heterocycles. The molecule has 4 aromatic rings. The predicted octanol–water partition coefficient (Wildman–Crippen LogP) is 3.86. The number of nitrogens with one attached hydrogen (secondary N) is 1. The summed E-state index contributed by atoms with van der Waals surface area (Å²) in [7, 11) is 0. The van der Waals surface area contributed by atoms with Crippen molar-refractivity contribution in [3.8, 4) is 5.69 Å². The van der Waals surface area contributed by atoms with E-state index in [2.05, 4.69) is 20.5 Å². The van der Waals surface area contributed by atoms with Gasteiger partial charge in [0.05, 0.1) is 0 Å². The molecule has 0 atom stereocenters. The van der Waals surface area contributed by atoms with Crippen LogP contribution in [0.5, 0.6) is 0 Å². The van der Waals surface area contributed by atoms with Crippen molar-refractivity contribution in [1.82, 2.24) is 24.4 Å². The van der Waals surface area contributed by atoms with Gasteiger partial charge in [-0.2, -0.15) is 0 Å². The molecule has 1 aromatic carbocycles. The average Bonchev–Trinajstić information content (AvgIpc) is 3.39. The van der Waals surface area contributed by atoms with Gasteiger partial charge < -0.3 is 0 Å². The molecule has 0 unspecified atom stereocenters. The van der Waals surface area contributed by atoms with Crippen LogP contribution in [0.15, 0.2) is 48.9 Å². The van der Waals surface area contributed by atoms with Crippen molar-refractivity contribution in [3.05, 3.63) is 71.8 Å². The number of fused-ring (bicyclic) bond motifs is 1. The number of aromatic nitrogens is 5. The molecular formula is C21H18F2N6OSn. The van der Waals surface area contributed by atoms with Crippen LogP contribution < -0.4 is 5.32 Å². The van der Waals surface area contributed by atoms with Crippen LogP contribution >= 0.6 is 0 Å². The SMILES string of the molecule is O=C(Nc1cc(C2C[CH2][Sn][CH2]C2)nn1-c1ccc(F)cc1F)c1cnn2cccnc12. The van der Waals surface area contributed by atoms with Crippen LogP contribution in [-0.2, 0) is 0 Å². The molecule has 0 aliphatic carbocycles. The number of benzene rings is 1. The van der Waals surface area contributed by atoms with Gasteiger partial charge in [-0.25, -0.2) is 0 Å². The molecule has 0 bridgehead atoms. The van der Waals surface area contributed by atoms with Crippen LogP contribution in [0.25, 0.3) is 11.3 Å². The molecule has 7 nitrogen and oxygen atoms in total. The Bertz CT molecular complexity index is 1260. The van der Waals surface area contributed by atoms with E-state index in [1.807, 2.05) is 0 Å². The summed E-state index contributed by atoms with van der Waals surface area (Å²) in [5.41, 5.74) is 1.60. The Labute approximate surface area is 186 Å². The van der Waals surface area contributed by atoms with Crippen LogP contribution in [0.3, 0.4) is 0 Å². The number of hydrogen-bond acceptors (Lipinski definition) is 4. The van der Waals surface area contributed by atoms with Crippen LogP contribution in [0.1, 0.15) is 34.8 Å². The van der Waals surface area contributed by atoms with Gasteiger partial charge in [-0.3, -0.25) is 0 Å². The molecule has 10 heteroatoms. The van der Waals surface area contributed by atoms with Crippen molar-refractivity contribution >= 4 is 38.5 Å². The number of anilines is 1. The van der Waals surface area contributed by atoms with Crippen molar-refractivity contribution in [2.45, 2.75) is 27.6 Å². The summed E-state index contributed by atoms with van der Waals surface area (Å²) in [5, 5.41) is 11.6. The van der Waals surface area contributed by atoms with Crippen molar-refractivity contribution in [2.24, 2.45) is 0 Å². The maximum absolute atomic E-state index is 14.6. The molecule has 3 aromatic heterocycles. The standard InChI is InChI=1S/C21H18F2N6O.Sn/c1-3-13(4-2)17-11-19(29(27-17)18-7-6-14(22)10-16(18)23)26-21(30)15-12-25-28-9-5-8-24-20(15)28;/h5-13H,1-4H2,(H,26,30);. The number of carbonyl (C=O) groups is 1. The van der Waals surface area contributed by atoms with Gasteiger partial charge in [0.1, 0.15) is 0 Å². The summed E-state index contributed by atoms with van der Waals surface area (Å²) in [4.78, 5) is 17.2. The van der Waals surface area contributed by atoms with Gasteiger partial charge in [0, 0.05) is 0 Å². The van der Waals surface area contributed by atoms with E-state index in [1.165, 1.54) is 36.4 Å². The number of hydrogen-bond donors (Lipinski definition) is 1. The molecule has 1 N–H and O–H groups in total. The molecule has 156 valence electrons. The molecule has 1 saturated heterocycles. The molecular weight excluding hydrogens is 509 g/mol. The molecule has 31 heavy (non-hydrogen) atoms. The molecule has 1 fully saturated rings. The summed E-state index contributed by atoms with van der Waals surface area (Å²) < 4.78 is 33.4. The van der Waals surface area contributed by atoms with Gasteiger partial charge in [-0.1, -0.05) is 0 Å². The van der Waals surface area contributed by atoms with E-state index < -0.39 is 17.5 Å². The van der Waals surface area contributed by atoms with Crippen molar-refractivity contribution in [1.29, 1.82) is 0 Å². The Kier molecular flexibility index (Phi) is 5.43. The Morgan fingerprint density at radius 2 is 2.03 bits per heavy atom. The van der Waals surface area contributed by atoms with Gasteiger partial charge in [0.2, 0.25) is 0 Å². The van der Waals surface area contributed by atoms with Crippen LogP contribution in [0.2, 0.25) is 8.87 Å². The average molecular weight is 527 g/mol. The third-order valence-electron chi connectivity index (χ3n) is 5.39. The first-order chi connectivity index (χ1) is 15.1. The van der Waals surface area contributed by atoms with E-state index in [4.69, 9.17) is 0 Å².